The first kappa shape index (κ1) is 18.6. The minimum Gasteiger partial charge on any atom is -0.452 e. The van der Waals surface area contributed by atoms with Crippen LogP contribution < -0.4 is 0 Å². The van der Waals surface area contributed by atoms with Gasteiger partial charge in [0.25, 0.3) is 11.1 Å². The Morgan fingerprint density at radius 3 is 2.75 bits per heavy atom. The Labute approximate surface area is 166 Å². The number of ether oxygens (including phenoxy) is 1. The number of para-hydroxylation sites is 2. The number of carbonyl (C=O) groups is 2. The topological polar surface area (TPSA) is 72.6 Å². The molecule has 4 rings (SSSR count). The first-order valence-electron chi connectivity index (χ1n) is 9.13. The normalized spacial score (nSPS) is 14.5. The zero-order valence-electron chi connectivity index (χ0n) is 15.5. The van der Waals surface area contributed by atoms with Crippen molar-refractivity contribution in [3.05, 3.63) is 59.7 Å². The minimum absolute atomic E-state index is 0.0350. The zero-order valence-corrected chi connectivity index (χ0v) is 16.3. The number of carbonyl (C=O) groups excluding carboxylic acids is 2. The van der Waals surface area contributed by atoms with Crippen molar-refractivity contribution in [2.75, 3.05) is 12.3 Å². The maximum Gasteiger partial charge on any atom is 0.317 e. The van der Waals surface area contributed by atoms with Crippen molar-refractivity contribution in [2.45, 2.75) is 31.2 Å². The fourth-order valence-electron chi connectivity index (χ4n) is 3.26. The quantitative estimate of drug-likeness (QED) is 0.486. The molecule has 0 N–H and O–H groups in total. The highest BCUT2D eigenvalue weighted by molar-refractivity contribution is 7.99. The number of amides is 1. The van der Waals surface area contributed by atoms with Crippen LogP contribution in [0.15, 0.2) is 58.2 Å². The smallest absolute Gasteiger partial charge is 0.317 e. The monoisotopic (exact) mass is 396 g/mol. The summed E-state index contributed by atoms with van der Waals surface area (Å²) in [6.45, 7) is 2.80. The predicted octanol–water partition coefficient (Wildman–Crippen LogP) is 3.44. The molecule has 1 atom stereocenters. The molecule has 6 nitrogen and oxygen atoms in total. The fraction of sp³-hybridized carbons (Fsp3) is 0.286. The van der Waals surface area contributed by atoms with E-state index >= 15 is 0 Å². The third-order valence-electron chi connectivity index (χ3n) is 4.69. The van der Waals surface area contributed by atoms with E-state index in [-0.39, 0.29) is 11.7 Å². The average Bonchev–Trinajstić information content (AvgIpc) is 3.14. The lowest BCUT2D eigenvalue weighted by Gasteiger charge is -2.30. The number of hydrogen-bond acceptors (Lipinski definition) is 6. The van der Waals surface area contributed by atoms with Gasteiger partial charge in [-0.2, -0.15) is 0 Å². The Morgan fingerprint density at radius 1 is 1.18 bits per heavy atom. The maximum absolute atomic E-state index is 12.6. The van der Waals surface area contributed by atoms with Crippen LogP contribution in [0.25, 0.3) is 11.1 Å². The van der Waals surface area contributed by atoms with Crippen molar-refractivity contribution in [2.24, 2.45) is 0 Å². The number of fused-ring (bicyclic) bond motifs is 2. The van der Waals surface area contributed by atoms with Crippen LogP contribution in [0.1, 0.15) is 18.1 Å². The molecule has 0 spiro atoms. The molecule has 1 aliphatic rings. The summed E-state index contributed by atoms with van der Waals surface area (Å²) in [4.78, 5) is 30.8. The third-order valence-corrected chi connectivity index (χ3v) is 5.49. The Balaban J connectivity index is 1.29. The van der Waals surface area contributed by atoms with Crippen molar-refractivity contribution < 1.29 is 18.7 Å². The molecular weight excluding hydrogens is 376 g/mol. The van der Waals surface area contributed by atoms with Crippen molar-refractivity contribution in [1.29, 1.82) is 0 Å². The number of aromatic nitrogens is 1. The SMILES string of the molecule is C[C@H](OC(=O)CSc1nc2ccccc2o1)C(=O)N1CCc2ccccc2C1. The van der Waals surface area contributed by atoms with Crippen molar-refractivity contribution in [3.63, 3.8) is 0 Å². The fourth-order valence-corrected chi connectivity index (χ4v) is 3.88. The van der Waals surface area contributed by atoms with E-state index in [9.17, 15) is 9.59 Å². The van der Waals surface area contributed by atoms with Crippen LogP contribution in [0.3, 0.4) is 0 Å². The molecule has 7 heteroatoms. The Kier molecular flexibility index (Phi) is 5.34. The van der Waals surface area contributed by atoms with Gasteiger partial charge >= 0.3 is 5.97 Å². The van der Waals surface area contributed by atoms with Crippen molar-refractivity contribution in [3.8, 4) is 0 Å². The van der Waals surface area contributed by atoms with Gasteiger partial charge in [0.05, 0.1) is 0 Å². The molecule has 2 aromatic carbocycles. The molecule has 0 radical (unpaired) electrons. The number of esters is 1. The van der Waals surface area contributed by atoms with Crippen LogP contribution in [0.2, 0.25) is 0 Å². The summed E-state index contributed by atoms with van der Waals surface area (Å²) in [5.41, 5.74) is 3.83. The molecule has 28 heavy (non-hydrogen) atoms. The number of nitrogens with zero attached hydrogens (tertiary/aromatic N) is 2. The van der Waals surface area contributed by atoms with E-state index < -0.39 is 12.1 Å². The zero-order chi connectivity index (χ0) is 19.5. The summed E-state index contributed by atoms with van der Waals surface area (Å²) >= 11 is 1.16. The summed E-state index contributed by atoms with van der Waals surface area (Å²) in [5.74, 6) is -0.604. The molecular formula is C21H20N2O4S. The first-order valence-corrected chi connectivity index (χ1v) is 10.1. The van der Waals surface area contributed by atoms with Crippen LogP contribution in [-0.2, 0) is 27.3 Å². The molecule has 0 unspecified atom stereocenters. The Bertz CT molecular complexity index is 983. The minimum atomic E-state index is -0.818. The number of rotatable bonds is 5. The van der Waals surface area contributed by atoms with Gasteiger partial charge in [-0.15, -0.1) is 0 Å². The molecule has 1 aromatic heterocycles. The molecule has 0 saturated carbocycles. The molecule has 0 aliphatic carbocycles. The molecule has 1 amide bonds. The van der Waals surface area contributed by atoms with Crippen molar-refractivity contribution in [1.82, 2.24) is 9.88 Å². The molecule has 144 valence electrons. The summed E-state index contributed by atoms with van der Waals surface area (Å²) in [5, 5.41) is 0.407. The molecule has 1 aliphatic heterocycles. The van der Waals surface area contributed by atoms with E-state index in [1.165, 1.54) is 5.56 Å². The Hall–Kier alpha value is -2.80. The van der Waals surface area contributed by atoms with Gasteiger partial charge in [-0.05, 0) is 36.6 Å². The van der Waals surface area contributed by atoms with E-state index in [0.29, 0.717) is 23.9 Å². The first-order chi connectivity index (χ1) is 13.6. The van der Waals surface area contributed by atoms with E-state index in [1.54, 1.807) is 11.8 Å². The average molecular weight is 396 g/mol. The molecule has 3 aromatic rings. The van der Waals surface area contributed by atoms with E-state index in [4.69, 9.17) is 9.15 Å². The van der Waals surface area contributed by atoms with Gasteiger partial charge < -0.3 is 14.1 Å². The van der Waals surface area contributed by atoms with Gasteiger partial charge in [0, 0.05) is 13.1 Å². The largest absolute Gasteiger partial charge is 0.452 e. The van der Waals surface area contributed by atoms with Crippen LogP contribution in [0.5, 0.6) is 0 Å². The Morgan fingerprint density at radius 2 is 1.93 bits per heavy atom. The van der Waals surface area contributed by atoms with E-state index in [1.807, 2.05) is 42.5 Å². The van der Waals surface area contributed by atoms with Crippen LogP contribution in [0.4, 0.5) is 0 Å². The van der Waals surface area contributed by atoms with Gasteiger partial charge in [0.2, 0.25) is 0 Å². The predicted molar refractivity (Wildman–Crippen MR) is 106 cm³/mol. The summed E-state index contributed by atoms with van der Waals surface area (Å²) < 4.78 is 10.9. The highest BCUT2D eigenvalue weighted by Gasteiger charge is 2.27. The number of oxazole rings is 1. The molecule has 0 fully saturated rings. The summed E-state index contributed by atoms with van der Waals surface area (Å²) in [6, 6.07) is 15.5. The standard InChI is InChI=1S/C21H20N2O4S/c1-14(20(25)23-11-10-15-6-2-3-7-16(15)12-23)26-19(24)13-28-21-22-17-8-4-5-9-18(17)27-21/h2-9,14H,10-13H2,1H3/t14-/m0/s1. The number of hydrogen-bond donors (Lipinski definition) is 0. The second-order valence-electron chi connectivity index (χ2n) is 6.65. The second kappa shape index (κ2) is 8.06. The number of thioether (sulfide) groups is 1. The van der Waals surface area contributed by atoms with E-state index in [0.717, 1.165) is 29.3 Å². The van der Waals surface area contributed by atoms with Crippen LogP contribution in [0, 0.1) is 0 Å². The van der Waals surface area contributed by atoms with Gasteiger partial charge in [-0.25, -0.2) is 4.98 Å². The third kappa shape index (κ3) is 4.04. The maximum atomic E-state index is 12.6. The van der Waals surface area contributed by atoms with E-state index in [2.05, 4.69) is 11.1 Å². The number of benzene rings is 2. The van der Waals surface area contributed by atoms with Crippen LogP contribution >= 0.6 is 11.8 Å². The lowest BCUT2D eigenvalue weighted by molar-refractivity contribution is -0.157. The molecule has 2 heterocycles. The van der Waals surface area contributed by atoms with Crippen molar-refractivity contribution >= 4 is 34.7 Å². The summed E-state index contributed by atoms with van der Waals surface area (Å²) in [6.07, 6.45) is -0.00197. The second-order valence-corrected chi connectivity index (χ2v) is 7.57. The molecule has 0 saturated heterocycles. The lowest BCUT2D eigenvalue weighted by Crippen LogP contribution is -2.42. The molecule has 0 bridgehead atoms. The highest BCUT2D eigenvalue weighted by Crippen LogP contribution is 2.23. The van der Waals surface area contributed by atoms with Gasteiger partial charge in [0.15, 0.2) is 11.7 Å². The van der Waals surface area contributed by atoms with Crippen LogP contribution in [-0.4, -0.2) is 40.2 Å². The lowest BCUT2D eigenvalue weighted by atomic mass is 9.99. The van der Waals surface area contributed by atoms with Gasteiger partial charge in [0.1, 0.15) is 11.3 Å². The van der Waals surface area contributed by atoms with Gasteiger partial charge in [-0.3, -0.25) is 9.59 Å². The highest BCUT2D eigenvalue weighted by atomic mass is 32.2. The van der Waals surface area contributed by atoms with Gasteiger partial charge in [-0.1, -0.05) is 48.2 Å². The summed E-state index contributed by atoms with van der Waals surface area (Å²) in [7, 11) is 0.